The van der Waals surface area contributed by atoms with Gasteiger partial charge in [-0.05, 0) is 54.1 Å². The van der Waals surface area contributed by atoms with E-state index in [1.54, 1.807) is 12.1 Å². The Morgan fingerprint density at radius 3 is 3.06 bits per heavy atom. The molecule has 0 bridgehead atoms. The van der Waals surface area contributed by atoms with Crippen LogP contribution in [0.3, 0.4) is 0 Å². The van der Waals surface area contributed by atoms with Crippen LogP contribution in [-0.2, 0) is 4.74 Å². The summed E-state index contributed by atoms with van der Waals surface area (Å²) in [7, 11) is 0. The molecule has 1 amide bonds. The van der Waals surface area contributed by atoms with Crippen molar-refractivity contribution >= 4 is 40.1 Å². The van der Waals surface area contributed by atoms with Crippen molar-refractivity contribution in [3.05, 3.63) is 32.4 Å². The molecule has 0 aromatic heterocycles. The average Bonchev–Trinajstić information content (AvgIpc) is 2.85. The molecule has 1 fully saturated rings. The van der Waals surface area contributed by atoms with Gasteiger partial charge < -0.3 is 10.1 Å². The maximum Gasteiger partial charge on any atom is 0.252 e. The van der Waals surface area contributed by atoms with Crippen molar-refractivity contribution in [1.29, 1.82) is 0 Å². The third-order valence-corrected chi connectivity index (χ3v) is 4.38. The predicted molar refractivity (Wildman–Crippen MR) is 80.0 cm³/mol. The van der Waals surface area contributed by atoms with E-state index in [0.29, 0.717) is 16.5 Å². The first kappa shape index (κ1) is 14.1. The topological polar surface area (TPSA) is 38.3 Å². The van der Waals surface area contributed by atoms with Gasteiger partial charge in [0, 0.05) is 27.2 Å². The molecule has 1 saturated heterocycles. The van der Waals surface area contributed by atoms with E-state index in [1.165, 1.54) is 0 Å². The first-order chi connectivity index (χ1) is 8.58. The molecule has 0 radical (unpaired) electrons. The van der Waals surface area contributed by atoms with Gasteiger partial charge in [0.05, 0.1) is 12.2 Å². The molecule has 2 rings (SSSR count). The number of carbonyl (C=O) groups is 1. The van der Waals surface area contributed by atoms with Crippen molar-refractivity contribution in [1.82, 2.24) is 5.32 Å². The standard InChI is InChI=1S/C13H15ClINO2/c1-8(9-4-5-18-7-9)16-13(17)11-6-10(14)2-3-12(11)15/h2-3,6,8-9H,4-5,7H2,1H3,(H,16,17). The lowest BCUT2D eigenvalue weighted by Crippen LogP contribution is -2.38. The van der Waals surface area contributed by atoms with Gasteiger partial charge in [-0.2, -0.15) is 0 Å². The molecule has 3 nitrogen and oxygen atoms in total. The van der Waals surface area contributed by atoms with Gasteiger partial charge in [-0.15, -0.1) is 0 Å². The van der Waals surface area contributed by atoms with Crippen molar-refractivity contribution in [3.63, 3.8) is 0 Å². The van der Waals surface area contributed by atoms with E-state index in [1.807, 2.05) is 13.0 Å². The Morgan fingerprint density at radius 1 is 1.61 bits per heavy atom. The number of hydrogen-bond acceptors (Lipinski definition) is 2. The van der Waals surface area contributed by atoms with Crippen molar-refractivity contribution in [2.24, 2.45) is 5.92 Å². The Labute approximate surface area is 125 Å². The third kappa shape index (κ3) is 3.36. The molecule has 0 spiro atoms. The second kappa shape index (κ2) is 6.21. The monoisotopic (exact) mass is 379 g/mol. The van der Waals surface area contributed by atoms with Crippen LogP contribution in [0.2, 0.25) is 5.02 Å². The number of carbonyl (C=O) groups excluding carboxylic acids is 1. The Hall–Kier alpha value is -0.330. The normalized spacial score (nSPS) is 20.7. The van der Waals surface area contributed by atoms with Crippen molar-refractivity contribution in [3.8, 4) is 0 Å². The number of halogens is 2. The lowest BCUT2D eigenvalue weighted by molar-refractivity contribution is 0.0921. The molecule has 0 saturated carbocycles. The lowest BCUT2D eigenvalue weighted by atomic mass is 10.0. The molecule has 1 aliphatic heterocycles. The highest BCUT2D eigenvalue weighted by Crippen LogP contribution is 2.20. The van der Waals surface area contributed by atoms with Crippen LogP contribution in [0.1, 0.15) is 23.7 Å². The first-order valence-electron chi connectivity index (χ1n) is 5.91. The van der Waals surface area contributed by atoms with E-state index >= 15 is 0 Å². The number of ether oxygens (including phenoxy) is 1. The van der Waals surface area contributed by atoms with Gasteiger partial charge in [0.25, 0.3) is 5.91 Å². The summed E-state index contributed by atoms with van der Waals surface area (Å²) in [5, 5.41) is 3.60. The molecule has 1 aromatic carbocycles. The SMILES string of the molecule is CC(NC(=O)c1cc(Cl)ccc1I)C1CCOC1. The molecular formula is C13H15ClINO2. The van der Waals surface area contributed by atoms with Gasteiger partial charge in [0.1, 0.15) is 0 Å². The summed E-state index contributed by atoms with van der Waals surface area (Å²) in [6, 6.07) is 5.46. The number of benzene rings is 1. The van der Waals surface area contributed by atoms with Crippen LogP contribution < -0.4 is 5.32 Å². The highest BCUT2D eigenvalue weighted by Gasteiger charge is 2.24. The average molecular weight is 380 g/mol. The maximum atomic E-state index is 12.2. The minimum atomic E-state index is -0.0682. The zero-order chi connectivity index (χ0) is 13.1. The summed E-state index contributed by atoms with van der Waals surface area (Å²) in [6.07, 6.45) is 1.01. The largest absolute Gasteiger partial charge is 0.381 e. The minimum absolute atomic E-state index is 0.0682. The first-order valence-corrected chi connectivity index (χ1v) is 7.37. The Morgan fingerprint density at radius 2 is 2.39 bits per heavy atom. The number of nitrogens with one attached hydrogen (secondary N) is 1. The molecule has 1 aliphatic rings. The fourth-order valence-electron chi connectivity index (χ4n) is 2.02. The van der Waals surface area contributed by atoms with Gasteiger partial charge in [0.15, 0.2) is 0 Å². The summed E-state index contributed by atoms with van der Waals surface area (Å²) in [5.41, 5.74) is 0.633. The summed E-state index contributed by atoms with van der Waals surface area (Å²) >= 11 is 8.06. The summed E-state index contributed by atoms with van der Waals surface area (Å²) in [4.78, 5) is 12.2. The smallest absolute Gasteiger partial charge is 0.252 e. The van der Waals surface area contributed by atoms with Crippen LogP contribution in [0.4, 0.5) is 0 Å². The minimum Gasteiger partial charge on any atom is -0.381 e. The van der Waals surface area contributed by atoms with Crippen LogP contribution in [0.5, 0.6) is 0 Å². The van der Waals surface area contributed by atoms with Crippen molar-refractivity contribution in [2.45, 2.75) is 19.4 Å². The van der Waals surface area contributed by atoms with E-state index in [-0.39, 0.29) is 11.9 Å². The summed E-state index contributed by atoms with van der Waals surface area (Å²) < 4.78 is 6.24. The molecular weight excluding hydrogens is 365 g/mol. The zero-order valence-corrected chi connectivity index (χ0v) is 13.0. The molecule has 2 unspecified atom stereocenters. The van der Waals surface area contributed by atoms with Crippen LogP contribution in [0, 0.1) is 9.49 Å². The van der Waals surface area contributed by atoms with Crippen LogP contribution in [0.15, 0.2) is 18.2 Å². The second-order valence-corrected chi connectivity index (χ2v) is 6.11. The molecule has 1 heterocycles. The lowest BCUT2D eigenvalue weighted by Gasteiger charge is -2.19. The molecule has 1 N–H and O–H groups in total. The zero-order valence-electron chi connectivity index (χ0n) is 10.1. The van der Waals surface area contributed by atoms with E-state index in [0.717, 1.165) is 23.2 Å². The van der Waals surface area contributed by atoms with Gasteiger partial charge in [-0.1, -0.05) is 11.6 Å². The Balaban J connectivity index is 2.04. The van der Waals surface area contributed by atoms with Gasteiger partial charge in [0.2, 0.25) is 0 Å². The highest BCUT2D eigenvalue weighted by atomic mass is 127. The van der Waals surface area contributed by atoms with Crippen molar-refractivity contribution < 1.29 is 9.53 Å². The fourth-order valence-corrected chi connectivity index (χ4v) is 2.77. The summed E-state index contributed by atoms with van der Waals surface area (Å²) in [5.74, 6) is 0.340. The molecule has 0 aliphatic carbocycles. The Bertz CT molecular complexity index is 447. The molecule has 1 aromatic rings. The number of rotatable bonds is 3. The summed E-state index contributed by atoms with van der Waals surface area (Å²) in [6.45, 7) is 3.54. The third-order valence-electron chi connectivity index (χ3n) is 3.20. The maximum absolute atomic E-state index is 12.2. The quantitative estimate of drug-likeness (QED) is 0.820. The molecule has 18 heavy (non-hydrogen) atoms. The van der Waals surface area contributed by atoms with E-state index in [9.17, 15) is 4.79 Å². The van der Waals surface area contributed by atoms with Crippen LogP contribution >= 0.6 is 34.2 Å². The van der Waals surface area contributed by atoms with Gasteiger partial charge in [-0.3, -0.25) is 4.79 Å². The van der Waals surface area contributed by atoms with E-state index in [4.69, 9.17) is 16.3 Å². The fraction of sp³-hybridized carbons (Fsp3) is 0.462. The van der Waals surface area contributed by atoms with Crippen LogP contribution in [0.25, 0.3) is 0 Å². The second-order valence-electron chi connectivity index (χ2n) is 4.51. The van der Waals surface area contributed by atoms with E-state index in [2.05, 4.69) is 27.9 Å². The number of hydrogen-bond donors (Lipinski definition) is 1. The predicted octanol–water partition coefficient (Wildman–Crippen LogP) is 3.10. The highest BCUT2D eigenvalue weighted by molar-refractivity contribution is 14.1. The van der Waals surface area contributed by atoms with E-state index < -0.39 is 0 Å². The molecule has 5 heteroatoms. The number of amides is 1. The molecule has 2 atom stereocenters. The van der Waals surface area contributed by atoms with Gasteiger partial charge >= 0.3 is 0 Å². The van der Waals surface area contributed by atoms with Crippen LogP contribution in [-0.4, -0.2) is 25.2 Å². The van der Waals surface area contributed by atoms with Gasteiger partial charge in [-0.25, -0.2) is 0 Å². The van der Waals surface area contributed by atoms with Crippen molar-refractivity contribution in [2.75, 3.05) is 13.2 Å². The molecule has 98 valence electrons. The Kier molecular flexibility index (Phi) is 4.86.